The van der Waals surface area contributed by atoms with Crippen LogP contribution < -0.4 is 10.6 Å². The Balaban J connectivity index is 1.26. The molecule has 8 nitrogen and oxygen atoms in total. The van der Waals surface area contributed by atoms with Gasteiger partial charge in [-0.1, -0.05) is 67.5 Å². The third-order valence-electron chi connectivity index (χ3n) is 9.36. The molecule has 5 aliphatic rings. The molecule has 216 valence electrons. The van der Waals surface area contributed by atoms with Gasteiger partial charge in [-0.3, -0.25) is 14.4 Å². The molecule has 40 heavy (non-hydrogen) atoms. The van der Waals surface area contributed by atoms with Crippen molar-refractivity contribution in [3.8, 4) is 0 Å². The zero-order chi connectivity index (χ0) is 27.9. The van der Waals surface area contributed by atoms with Gasteiger partial charge < -0.3 is 25.2 Å². The van der Waals surface area contributed by atoms with Gasteiger partial charge in [-0.25, -0.2) is 0 Å². The average Bonchev–Trinajstić information content (AvgIpc) is 3.46. The topological polar surface area (TPSA) is 91.0 Å². The minimum Gasteiger partial charge on any atom is -0.359 e. The number of benzene rings is 1. The van der Waals surface area contributed by atoms with Crippen LogP contribution in [0.4, 0.5) is 5.69 Å². The van der Waals surface area contributed by atoms with Gasteiger partial charge in [-0.05, 0) is 57.0 Å². The maximum absolute atomic E-state index is 14.2. The lowest BCUT2D eigenvalue weighted by atomic mass is 9.74. The summed E-state index contributed by atoms with van der Waals surface area (Å²) in [5.74, 6) is -2.23. The molecule has 4 aliphatic heterocycles. The molecule has 5 atom stereocenters. The number of likely N-dealkylation sites (tertiary alicyclic amines) is 2. The second kappa shape index (κ2) is 11.6. The summed E-state index contributed by atoms with van der Waals surface area (Å²) in [6.45, 7) is 3.13. The summed E-state index contributed by atoms with van der Waals surface area (Å²) in [6.07, 6.45) is 13.2. The van der Waals surface area contributed by atoms with Gasteiger partial charge in [-0.2, -0.15) is 0 Å². The fourth-order valence-electron chi connectivity index (χ4n) is 7.50. The molecule has 1 aromatic carbocycles. The molecule has 5 unspecified atom stereocenters. The van der Waals surface area contributed by atoms with Gasteiger partial charge in [-0.15, -0.1) is 0 Å². The molecule has 10 heteroatoms. The second-order valence-corrected chi connectivity index (χ2v) is 12.9. The van der Waals surface area contributed by atoms with Crippen LogP contribution in [0.1, 0.15) is 57.8 Å². The van der Waals surface area contributed by atoms with E-state index in [0.29, 0.717) is 28.8 Å². The highest BCUT2D eigenvalue weighted by Crippen LogP contribution is 2.55. The largest absolute Gasteiger partial charge is 0.359 e. The van der Waals surface area contributed by atoms with E-state index in [0.717, 1.165) is 51.6 Å². The van der Waals surface area contributed by atoms with Crippen molar-refractivity contribution in [2.75, 3.05) is 31.5 Å². The van der Waals surface area contributed by atoms with E-state index < -0.39 is 29.6 Å². The molecule has 0 aromatic heterocycles. The molecular formula is C30H38Cl2N4O4. The molecule has 2 N–H and O–H groups in total. The van der Waals surface area contributed by atoms with E-state index in [4.69, 9.17) is 27.9 Å². The molecule has 1 aromatic rings. The van der Waals surface area contributed by atoms with Gasteiger partial charge in [0.1, 0.15) is 11.6 Å². The van der Waals surface area contributed by atoms with Crippen LogP contribution in [-0.2, 0) is 19.1 Å². The Kier molecular flexibility index (Phi) is 8.14. The van der Waals surface area contributed by atoms with Crippen molar-refractivity contribution in [1.29, 1.82) is 0 Å². The third kappa shape index (κ3) is 5.28. The zero-order valence-electron chi connectivity index (χ0n) is 22.7. The third-order valence-corrected chi connectivity index (χ3v) is 9.80. The first kappa shape index (κ1) is 28.0. The van der Waals surface area contributed by atoms with Crippen LogP contribution in [0.15, 0.2) is 30.4 Å². The molecule has 1 spiro atoms. The number of hydrogen-bond acceptors (Lipinski definition) is 5. The first-order valence-corrected chi connectivity index (χ1v) is 15.6. The molecule has 4 heterocycles. The van der Waals surface area contributed by atoms with Crippen LogP contribution in [0.2, 0.25) is 10.0 Å². The molecule has 4 fully saturated rings. The molecule has 6 rings (SSSR count). The van der Waals surface area contributed by atoms with Crippen molar-refractivity contribution < 1.29 is 19.1 Å². The van der Waals surface area contributed by atoms with Gasteiger partial charge in [0.25, 0.3) is 0 Å². The van der Waals surface area contributed by atoms with E-state index in [2.05, 4.69) is 15.5 Å². The molecule has 3 amide bonds. The molecule has 1 aliphatic carbocycles. The van der Waals surface area contributed by atoms with Crippen LogP contribution in [0.25, 0.3) is 0 Å². The smallest absolute Gasteiger partial charge is 0.246 e. The fourth-order valence-corrected chi connectivity index (χ4v) is 8.02. The van der Waals surface area contributed by atoms with Gasteiger partial charge in [0, 0.05) is 34.9 Å². The monoisotopic (exact) mass is 588 g/mol. The van der Waals surface area contributed by atoms with E-state index in [1.165, 1.54) is 19.3 Å². The van der Waals surface area contributed by atoms with Gasteiger partial charge in [0.05, 0.1) is 17.9 Å². The zero-order valence-corrected chi connectivity index (χ0v) is 24.3. The summed E-state index contributed by atoms with van der Waals surface area (Å²) >= 11 is 12.3. The van der Waals surface area contributed by atoms with Crippen molar-refractivity contribution in [2.24, 2.45) is 11.8 Å². The summed E-state index contributed by atoms with van der Waals surface area (Å²) < 4.78 is 6.48. The fraction of sp³-hybridized carbons (Fsp3) is 0.633. The number of halogens is 2. The van der Waals surface area contributed by atoms with E-state index in [1.54, 1.807) is 23.1 Å². The summed E-state index contributed by atoms with van der Waals surface area (Å²) in [5.41, 5.74) is -0.703. The Morgan fingerprint density at radius 1 is 0.925 bits per heavy atom. The Bertz CT molecular complexity index is 1160. The number of carbonyl (C=O) groups excluding carboxylic acids is 3. The Hall–Kier alpha value is -2.13. The lowest BCUT2D eigenvalue weighted by molar-refractivity contribution is -0.141. The first-order chi connectivity index (χ1) is 19.4. The molecule has 2 bridgehead atoms. The normalized spacial score (nSPS) is 32.2. The number of amides is 3. The number of rotatable bonds is 7. The number of anilines is 1. The molecule has 3 saturated heterocycles. The minimum atomic E-state index is -1.16. The number of nitrogens with one attached hydrogen (secondary N) is 2. The summed E-state index contributed by atoms with van der Waals surface area (Å²) in [5, 5.41) is 6.95. The lowest BCUT2D eigenvalue weighted by Gasteiger charge is -2.35. The lowest BCUT2D eigenvalue weighted by Crippen LogP contribution is -2.57. The number of nitrogens with zero attached hydrogens (tertiary/aromatic N) is 2. The van der Waals surface area contributed by atoms with Crippen molar-refractivity contribution in [3.05, 3.63) is 40.4 Å². The Morgan fingerprint density at radius 2 is 1.60 bits per heavy atom. The highest BCUT2D eigenvalue weighted by molar-refractivity contribution is 6.35. The predicted molar refractivity (Wildman–Crippen MR) is 154 cm³/mol. The predicted octanol–water partition coefficient (Wildman–Crippen LogP) is 4.41. The van der Waals surface area contributed by atoms with Crippen LogP contribution in [0.3, 0.4) is 0 Å². The van der Waals surface area contributed by atoms with Gasteiger partial charge in [0.15, 0.2) is 0 Å². The van der Waals surface area contributed by atoms with Gasteiger partial charge in [0.2, 0.25) is 17.7 Å². The molecular weight excluding hydrogens is 551 g/mol. The minimum absolute atomic E-state index is 0.105. The highest BCUT2D eigenvalue weighted by atomic mass is 35.5. The molecule has 0 radical (unpaired) electrons. The Labute approximate surface area is 245 Å². The number of ether oxygens (including phenoxy) is 1. The van der Waals surface area contributed by atoms with Crippen LogP contribution in [-0.4, -0.2) is 77.5 Å². The first-order valence-electron chi connectivity index (χ1n) is 14.8. The van der Waals surface area contributed by atoms with E-state index >= 15 is 0 Å². The quantitative estimate of drug-likeness (QED) is 0.460. The van der Waals surface area contributed by atoms with Gasteiger partial charge >= 0.3 is 0 Å². The van der Waals surface area contributed by atoms with E-state index in [9.17, 15) is 14.4 Å². The number of fused-ring (bicyclic) bond motifs is 1. The van der Waals surface area contributed by atoms with E-state index in [-0.39, 0.29) is 23.8 Å². The summed E-state index contributed by atoms with van der Waals surface area (Å²) in [7, 11) is 0. The maximum Gasteiger partial charge on any atom is 0.246 e. The molecule has 1 saturated carbocycles. The SMILES string of the molecule is O=C(Nc1cc(Cl)cc(Cl)c1)C1C2C=CC3(O2)C1C(=O)N(CCN1CCCCCC1)C3C(=O)NC1CCCCC1. The maximum atomic E-state index is 14.2. The average molecular weight is 590 g/mol. The van der Waals surface area contributed by atoms with E-state index in [1.807, 2.05) is 12.2 Å². The number of carbonyl (C=O) groups is 3. The second-order valence-electron chi connectivity index (χ2n) is 12.0. The van der Waals surface area contributed by atoms with Crippen molar-refractivity contribution in [3.63, 3.8) is 0 Å². The van der Waals surface area contributed by atoms with Crippen LogP contribution in [0, 0.1) is 11.8 Å². The van der Waals surface area contributed by atoms with Crippen LogP contribution in [0.5, 0.6) is 0 Å². The standard InChI is InChI=1S/C30H38Cl2N4O4/c31-19-16-20(32)18-22(17-19)34-27(37)24-23-10-11-30(40-23)25(24)29(39)36(15-14-35-12-6-1-2-7-13-35)26(30)28(38)33-21-8-4-3-5-9-21/h10-11,16-18,21,23-26H,1-9,12-15H2,(H,33,38)(H,34,37). The van der Waals surface area contributed by atoms with Crippen molar-refractivity contribution >= 4 is 46.6 Å². The van der Waals surface area contributed by atoms with Crippen molar-refractivity contribution in [2.45, 2.75) is 81.6 Å². The van der Waals surface area contributed by atoms with Crippen molar-refractivity contribution in [1.82, 2.24) is 15.1 Å². The van der Waals surface area contributed by atoms with Crippen LogP contribution >= 0.6 is 23.2 Å². The highest BCUT2D eigenvalue weighted by Gasteiger charge is 2.72. The summed E-state index contributed by atoms with van der Waals surface area (Å²) in [4.78, 5) is 45.9. The number of hydrogen-bond donors (Lipinski definition) is 2. The Morgan fingerprint density at radius 3 is 2.30 bits per heavy atom. The summed E-state index contributed by atoms with van der Waals surface area (Å²) in [6, 6.07) is 4.13.